The molecule has 0 radical (unpaired) electrons. The molecule has 0 atom stereocenters. The maximum Gasteiger partial charge on any atom is 0.0669 e. The first-order valence-electron chi connectivity index (χ1n) is 49.8. The third-order valence-electron chi connectivity index (χ3n) is 31.8. The zero-order chi connectivity index (χ0) is 93.3. The van der Waals surface area contributed by atoms with E-state index in [4.69, 9.17) is 4.99 Å². The van der Waals surface area contributed by atoms with E-state index in [1.807, 2.05) is 0 Å². The second-order valence-electron chi connectivity index (χ2n) is 39.1. The lowest BCUT2D eigenvalue weighted by molar-refractivity contribution is 1.18. The Morgan fingerprint density at radius 2 is 0.469 bits per heavy atom. The Balaban J connectivity index is 0.0000000987. The van der Waals surface area contributed by atoms with Crippen LogP contribution in [0.3, 0.4) is 0 Å². The Morgan fingerprint density at radius 1 is 0.175 bits per heavy atom. The van der Waals surface area contributed by atoms with Gasteiger partial charge >= 0.3 is 0 Å². The van der Waals surface area contributed by atoms with Gasteiger partial charge in [-0.05, 0) is 307 Å². The van der Waals surface area contributed by atoms with E-state index >= 15 is 0 Å². The maximum absolute atomic E-state index is 5.31. The van der Waals surface area contributed by atoms with Gasteiger partial charge in [-0.15, -0.1) is 0 Å². The van der Waals surface area contributed by atoms with Crippen LogP contribution in [0.4, 0.5) is 5.69 Å². The van der Waals surface area contributed by atoms with Crippen molar-refractivity contribution in [1.82, 2.24) is 9.55 Å². The number of rotatable bonds is 7. The molecule has 0 unspecified atom stereocenters. The van der Waals surface area contributed by atoms with E-state index in [1.54, 1.807) is 0 Å². The predicted octanol–water partition coefficient (Wildman–Crippen LogP) is 36.2. The van der Waals surface area contributed by atoms with E-state index in [9.17, 15) is 0 Å². The first-order chi connectivity index (χ1) is 71.0. The molecule has 658 valence electrons. The van der Waals surface area contributed by atoms with Gasteiger partial charge < -0.3 is 9.55 Å². The minimum Gasteiger partial charge on any atom is -0.355 e. The summed E-state index contributed by atoms with van der Waals surface area (Å²) < 4.78 is 2.41. The molecule has 7 aliphatic rings. The van der Waals surface area contributed by atoms with Gasteiger partial charge in [-0.3, -0.25) is 4.99 Å². The fourth-order valence-corrected chi connectivity index (χ4v) is 25.9. The van der Waals surface area contributed by atoms with Crippen molar-refractivity contribution in [3.63, 3.8) is 0 Å². The van der Waals surface area contributed by atoms with Crippen molar-refractivity contribution in [3.8, 4) is 5.69 Å². The summed E-state index contributed by atoms with van der Waals surface area (Å²) in [5, 5.41) is 28.1. The Morgan fingerprint density at radius 3 is 0.888 bits per heavy atom. The fourth-order valence-electron chi connectivity index (χ4n) is 25.9. The van der Waals surface area contributed by atoms with Gasteiger partial charge in [0.25, 0.3) is 0 Å². The van der Waals surface area contributed by atoms with Crippen molar-refractivity contribution in [2.24, 2.45) is 4.99 Å². The van der Waals surface area contributed by atoms with Crippen LogP contribution < -0.4 is 0 Å². The van der Waals surface area contributed by atoms with E-state index in [-0.39, 0.29) is 0 Å². The van der Waals surface area contributed by atoms with Crippen LogP contribution in [-0.2, 0) is 6.42 Å². The Labute approximate surface area is 824 Å². The van der Waals surface area contributed by atoms with E-state index in [0.29, 0.717) is 0 Å². The minimum atomic E-state index is 0.845. The number of hydrogen-bond donors (Lipinski definition) is 1. The normalized spacial score (nSPS) is 14.0. The fraction of sp³-hybridized carbons (Fsp3) is 0.00714. The molecule has 33 rings (SSSR count). The molecule has 0 fully saturated rings. The number of aliphatic imine (C=N–C) groups is 1. The van der Waals surface area contributed by atoms with Crippen molar-refractivity contribution in [2.75, 3.05) is 0 Å². The summed E-state index contributed by atoms with van der Waals surface area (Å²) in [6.45, 7) is 0. The molecule has 24 aromatic carbocycles. The summed E-state index contributed by atoms with van der Waals surface area (Å²) in [7, 11) is 0. The van der Waals surface area contributed by atoms with Gasteiger partial charge in [0, 0.05) is 55.8 Å². The topological polar surface area (TPSA) is 33.1 Å². The smallest absolute Gasteiger partial charge is 0.0669 e. The number of nitrogens with zero attached hydrogens (tertiary/aromatic N) is 2. The number of H-pyrrole nitrogens is 1. The average Bonchev–Trinajstić information content (AvgIpc) is 1.53. The first-order valence-corrected chi connectivity index (χ1v) is 49.8. The highest BCUT2D eigenvalue weighted by molar-refractivity contribution is 6.50. The molecule has 0 spiro atoms. The second kappa shape index (κ2) is 30.9. The highest BCUT2D eigenvalue weighted by Crippen LogP contribution is 2.66. The Kier molecular flexibility index (Phi) is 17.2. The van der Waals surface area contributed by atoms with Gasteiger partial charge in [0.15, 0.2) is 0 Å². The largest absolute Gasteiger partial charge is 0.355 e. The molecule has 3 nitrogen and oxygen atoms in total. The average molecular weight is 1810 g/mol. The Hall–Kier alpha value is -18.7. The van der Waals surface area contributed by atoms with Crippen LogP contribution >= 0.6 is 0 Å². The summed E-state index contributed by atoms with van der Waals surface area (Å²) in [6, 6.07) is 179. The first kappa shape index (κ1) is 79.4. The van der Waals surface area contributed by atoms with Gasteiger partial charge in [0.05, 0.1) is 22.4 Å². The summed E-state index contributed by atoms with van der Waals surface area (Å²) in [5.41, 5.74) is 47.7. The molecule has 26 aromatic rings. The maximum atomic E-state index is 5.31. The van der Waals surface area contributed by atoms with Crippen LogP contribution in [0, 0.1) is 0 Å². The van der Waals surface area contributed by atoms with Crippen LogP contribution in [-0.4, -0.2) is 15.3 Å². The molecule has 143 heavy (non-hydrogen) atoms. The molecule has 2 aromatic heterocycles. The number of aromatic amines is 1. The molecule has 0 bridgehead atoms. The molecule has 1 N–H and O–H groups in total. The number of fused-ring (bicyclic) bond motifs is 37. The second-order valence-corrected chi connectivity index (χ2v) is 39.1. The third-order valence-corrected chi connectivity index (χ3v) is 31.8. The minimum absolute atomic E-state index is 0.845. The van der Waals surface area contributed by atoms with Gasteiger partial charge in [0.2, 0.25) is 0 Å². The van der Waals surface area contributed by atoms with Crippen molar-refractivity contribution < 1.29 is 0 Å². The zero-order valence-corrected chi connectivity index (χ0v) is 77.8. The van der Waals surface area contributed by atoms with Crippen LogP contribution in [0.5, 0.6) is 0 Å². The molecule has 3 heterocycles. The van der Waals surface area contributed by atoms with E-state index in [2.05, 4.69) is 495 Å². The third kappa shape index (κ3) is 11.6. The summed E-state index contributed by atoms with van der Waals surface area (Å²) in [4.78, 5) is 8.96. The van der Waals surface area contributed by atoms with Gasteiger partial charge in [-0.1, -0.05) is 431 Å². The van der Waals surface area contributed by atoms with E-state index in [1.165, 1.54) is 319 Å². The number of hydrogen-bond acceptors (Lipinski definition) is 1. The van der Waals surface area contributed by atoms with Crippen molar-refractivity contribution in [1.29, 1.82) is 0 Å². The lowest BCUT2D eigenvalue weighted by atomic mass is 9.87. The van der Waals surface area contributed by atoms with Crippen LogP contribution in [0.15, 0.2) is 490 Å². The number of para-hydroxylation sites is 4. The standard InChI is InChI=1S/C52H31N.C46H27N.C42H25N/c1-2-17-36(18-3-1)53-45-24-11-10-22-40(45)44-31-35(27-30-46(44)53)47-42-28-25-33-14-5-8-20-38(33)48(42)52-50(41-23-12-16-32-13-4-7-19-37(32)41)43-29-26-34-15-6-9-21-39(34)49(43)51(47)52;1-4-14-31-27(10-1)13-9-18-35(31)44-37-24-21-29-12-3-6-16-33(29)43(37)45-41(36-23-20-28-11-2-5-15-32(28)42(36)46(44)45)30-22-25-40-38(26-30)34-17-7-8-19-39(34)47-40;1-5-15-29-25(10-1)14-9-18-32(29)39-33-22-20-26-11-2-6-16-30(26)37(33)42-40(36-24-28-13-4-8-19-35(28)43-36)34-23-21-27-12-3-7-17-31(27)38(34)41(39)42/h1-31H;1-26,47H;1-23H,24H2. The monoisotopic (exact) mass is 1810 g/mol. The van der Waals surface area contributed by atoms with Crippen molar-refractivity contribution >= 4 is 219 Å². The van der Waals surface area contributed by atoms with Crippen molar-refractivity contribution in [2.45, 2.75) is 6.42 Å². The Bertz CT molecular complexity index is 10500. The highest BCUT2D eigenvalue weighted by atomic mass is 15.0. The van der Waals surface area contributed by atoms with Gasteiger partial charge in [-0.25, -0.2) is 0 Å². The quantitative estimate of drug-likeness (QED) is 0.165. The van der Waals surface area contributed by atoms with Gasteiger partial charge in [0.1, 0.15) is 0 Å². The molecular weight excluding hydrogens is 1720 g/mol. The molecule has 0 amide bonds. The van der Waals surface area contributed by atoms with Crippen LogP contribution in [0.25, 0.3) is 213 Å². The van der Waals surface area contributed by atoms with Crippen LogP contribution in [0.1, 0.15) is 100 Å². The van der Waals surface area contributed by atoms with Crippen molar-refractivity contribution in [3.05, 3.63) is 585 Å². The molecule has 6 aliphatic carbocycles. The zero-order valence-electron chi connectivity index (χ0n) is 77.8. The molecular formula is C140H83N3. The molecule has 0 saturated heterocycles. The number of benzene rings is 24. The molecule has 3 heteroatoms. The van der Waals surface area contributed by atoms with Gasteiger partial charge in [-0.2, -0.15) is 0 Å². The SMILES string of the molecule is c1ccc(-n2c3ccccc3c3cc(C4=C5C(=C(c6cccc7ccccc67)c6ccc7ccccc7c65)c5c4ccc4ccccc54)ccc32)cc1.c1ccc2c(C3=C4C(=C(c5ccc6[nH]c7ccccc7c6c5)c5ccc6ccccc6c54)c4c3ccc3ccccc43)cccc2c1.c1ccc2c(c1)CC(C1=C3C(=C(c4cccc5ccccc45)c4ccc5ccccc5c43)c3c1ccc1ccccc31)=N2. The van der Waals surface area contributed by atoms with E-state index in [0.717, 1.165) is 12.1 Å². The molecule has 0 saturated carbocycles. The van der Waals surface area contributed by atoms with Crippen LogP contribution in [0.2, 0.25) is 0 Å². The van der Waals surface area contributed by atoms with E-state index < -0.39 is 0 Å². The summed E-state index contributed by atoms with van der Waals surface area (Å²) in [6.07, 6.45) is 0.845. The summed E-state index contributed by atoms with van der Waals surface area (Å²) in [5.74, 6) is 0. The number of allylic oxidation sites excluding steroid dienone is 7. The highest BCUT2D eigenvalue weighted by Gasteiger charge is 2.45. The number of aromatic nitrogens is 2. The lowest BCUT2D eigenvalue weighted by Gasteiger charge is -2.16. The molecule has 1 aliphatic heterocycles. The summed E-state index contributed by atoms with van der Waals surface area (Å²) >= 11 is 0. The predicted molar refractivity (Wildman–Crippen MR) is 606 cm³/mol. The number of nitrogens with one attached hydrogen (secondary N) is 1. The lowest BCUT2D eigenvalue weighted by Crippen LogP contribution is -2.03.